The molecule has 9 nitrogen and oxygen atoms in total. The van der Waals surface area contributed by atoms with Crippen molar-refractivity contribution in [2.75, 3.05) is 31.6 Å². The van der Waals surface area contributed by atoms with Crippen LogP contribution in [0.3, 0.4) is 0 Å². The molecular weight excluding hydrogens is 472 g/mol. The lowest BCUT2D eigenvalue weighted by molar-refractivity contribution is -0.123. The number of amides is 1. The number of carbonyl (C=O) groups excluding carboxylic acids is 2. The van der Waals surface area contributed by atoms with E-state index in [4.69, 9.17) is 25.8 Å². The summed E-state index contributed by atoms with van der Waals surface area (Å²) in [4.78, 5) is 25.1. The third-order valence-electron chi connectivity index (χ3n) is 4.96. The summed E-state index contributed by atoms with van der Waals surface area (Å²) in [5.41, 5.74) is 0.293. The first-order valence-corrected chi connectivity index (χ1v) is 12.2. The van der Waals surface area contributed by atoms with Crippen LogP contribution in [0.4, 0.5) is 5.69 Å². The second kappa shape index (κ2) is 10.4. The van der Waals surface area contributed by atoms with E-state index in [0.29, 0.717) is 30.4 Å². The van der Waals surface area contributed by atoms with E-state index >= 15 is 0 Å². The Bertz CT molecular complexity index is 1150. The maximum Gasteiger partial charge on any atom is 0.340 e. The molecule has 0 saturated heterocycles. The van der Waals surface area contributed by atoms with Gasteiger partial charge >= 0.3 is 5.97 Å². The number of benzene rings is 2. The highest BCUT2D eigenvalue weighted by Gasteiger charge is 2.26. The molecule has 33 heavy (non-hydrogen) atoms. The Kier molecular flexibility index (Phi) is 7.83. The largest absolute Gasteiger partial charge is 0.486 e. The molecule has 0 unspecified atom stereocenters. The zero-order valence-corrected chi connectivity index (χ0v) is 20.0. The molecule has 1 atom stereocenters. The monoisotopic (exact) mass is 496 g/mol. The van der Waals surface area contributed by atoms with Gasteiger partial charge in [0, 0.05) is 24.8 Å². The zero-order chi connectivity index (χ0) is 24.2. The van der Waals surface area contributed by atoms with E-state index in [2.05, 4.69) is 5.32 Å². The summed E-state index contributed by atoms with van der Waals surface area (Å²) >= 11 is 6.11. The van der Waals surface area contributed by atoms with E-state index in [9.17, 15) is 18.0 Å². The molecule has 1 N–H and O–H groups in total. The van der Waals surface area contributed by atoms with Gasteiger partial charge in [-0.25, -0.2) is 13.2 Å². The van der Waals surface area contributed by atoms with Crippen LogP contribution in [0, 0.1) is 0 Å². The lowest BCUT2D eigenvalue weighted by Gasteiger charge is -2.20. The fourth-order valence-electron chi connectivity index (χ4n) is 3.18. The number of esters is 1. The molecule has 0 aromatic heterocycles. The Morgan fingerprint density at radius 1 is 1.09 bits per heavy atom. The Morgan fingerprint density at radius 2 is 1.76 bits per heavy atom. The van der Waals surface area contributed by atoms with Gasteiger partial charge in [-0.15, -0.1) is 0 Å². The van der Waals surface area contributed by atoms with Crippen molar-refractivity contribution < 1.29 is 32.2 Å². The Morgan fingerprint density at radius 3 is 2.42 bits per heavy atom. The molecule has 0 fully saturated rings. The van der Waals surface area contributed by atoms with Gasteiger partial charge in [0.15, 0.2) is 17.6 Å². The van der Waals surface area contributed by atoms with Gasteiger partial charge in [0.05, 0.1) is 15.5 Å². The van der Waals surface area contributed by atoms with Crippen molar-refractivity contribution in [2.24, 2.45) is 0 Å². The lowest BCUT2D eigenvalue weighted by atomic mass is 10.2. The summed E-state index contributed by atoms with van der Waals surface area (Å²) in [5, 5.41) is 2.65. The van der Waals surface area contributed by atoms with E-state index in [1.807, 2.05) is 0 Å². The number of halogens is 1. The molecule has 11 heteroatoms. The smallest absolute Gasteiger partial charge is 0.340 e. The van der Waals surface area contributed by atoms with Gasteiger partial charge in [-0.05, 0) is 37.3 Å². The van der Waals surface area contributed by atoms with Crippen LogP contribution >= 0.6 is 11.6 Å². The highest BCUT2D eigenvalue weighted by molar-refractivity contribution is 7.89. The number of ether oxygens (including phenoxy) is 3. The highest BCUT2D eigenvalue weighted by atomic mass is 35.5. The molecule has 2 aromatic carbocycles. The van der Waals surface area contributed by atoms with Crippen LogP contribution in [0.1, 0.15) is 31.1 Å². The fraction of sp³-hybridized carbons (Fsp3) is 0.364. The number of hydrogen-bond acceptors (Lipinski definition) is 7. The first-order valence-electron chi connectivity index (χ1n) is 10.4. The number of nitrogens with zero attached hydrogens (tertiary/aromatic N) is 1. The predicted molar refractivity (Wildman–Crippen MR) is 122 cm³/mol. The maximum atomic E-state index is 12.8. The van der Waals surface area contributed by atoms with Crippen LogP contribution in [0.25, 0.3) is 0 Å². The third kappa shape index (κ3) is 5.58. The number of anilines is 1. The number of carbonyl (C=O) groups is 2. The summed E-state index contributed by atoms with van der Waals surface area (Å²) < 4.78 is 43.0. The minimum absolute atomic E-state index is 0.0120. The lowest BCUT2D eigenvalue weighted by Crippen LogP contribution is -2.31. The number of nitrogens with one attached hydrogen (secondary N) is 1. The van der Waals surface area contributed by atoms with Crippen molar-refractivity contribution in [1.82, 2.24) is 4.31 Å². The van der Waals surface area contributed by atoms with Crippen molar-refractivity contribution in [3.8, 4) is 11.5 Å². The number of fused-ring (bicyclic) bond motifs is 1. The summed E-state index contributed by atoms with van der Waals surface area (Å²) in [6, 6.07) is 8.71. The van der Waals surface area contributed by atoms with Gasteiger partial charge in [-0.1, -0.05) is 25.4 Å². The average molecular weight is 497 g/mol. The Balaban J connectivity index is 1.72. The standard InChI is InChI=1S/C22H25ClN2O7S/c1-4-25(5-2)33(28,29)16-7-8-18(23)17(13-16)22(27)32-14(3)21(26)24-15-6-9-19-20(12-15)31-11-10-30-19/h6-9,12-14H,4-5,10-11H2,1-3H3,(H,24,26)/t14-/m0/s1. The topological polar surface area (TPSA) is 111 Å². The highest BCUT2D eigenvalue weighted by Crippen LogP contribution is 2.32. The average Bonchev–Trinajstić information content (AvgIpc) is 2.79. The molecule has 178 valence electrons. The van der Waals surface area contributed by atoms with Crippen LogP contribution in [-0.4, -0.2) is 57.0 Å². The summed E-state index contributed by atoms with van der Waals surface area (Å²) in [6.45, 7) is 6.24. The number of sulfonamides is 1. The molecule has 0 bridgehead atoms. The molecular formula is C22H25ClN2O7S. The minimum Gasteiger partial charge on any atom is -0.486 e. The zero-order valence-electron chi connectivity index (χ0n) is 18.5. The van der Waals surface area contributed by atoms with Crippen molar-refractivity contribution >= 4 is 39.2 Å². The minimum atomic E-state index is -3.80. The van der Waals surface area contributed by atoms with Gasteiger partial charge < -0.3 is 19.5 Å². The number of rotatable bonds is 8. The van der Waals surface area contributed by atoms with Gasteiger partial charge in [0.1, 0.15) is 13.2 Å². The number of hydrogen-bond donors (Lipinski definition) is 1. The molecule has 0 aliphatic carbocycles. The molecule has 1 amide bonds. The van der Waals surface area contributed by atoms with Crippen molar-refractivity contribution in [1.29, 1.82) is 0 Å². The quantitative estimate of drug-likeness (QED) is 0.558. The van der Waals surface area contributed by atoms with Crippen molar-refractivity contribution in [3.05, 3.63) is 47.0 Å². The fourth-order valence-corrected chi connectivity index (χ4v) is 4.86. The van der Waals surface area contributed by atoms with E-state index in [0.717, 1.165) is 6.07 Å². The summed E-state index contributed by atoms with van der Waals surface area (Å²) in [6.07, 6.45) is -1.18. The first-order chi connectivity index (χ1) is 15.7. The van der Waals surface area contributed by atoms with Gasteiger partial charge in [0.25, 0.3) is 5.91 Å². The van der Waals surface area contributed by atoms with Crippen LogP contribution in [-0.2, 0) is 19.6 Å². The Labute approximate surface area is 197 Å². The van der Waals surface area contributed by atoms with Crippen LogP contribution in [0.2, 0.25) is 5.02 Å². The molecule has 3 rings (SSSR count). The van der Waals surface area contributed by atoms with Gasteiger partial charge in [0.2, 0.25) is 10.0 Å². The second-order valence-electron chi connectivity index (χ2n) is 7.13. The summed E-state index contributed by atoms with van der Waals surface area (Å²) in [7, 11) is -3.80. The van der Waals surface area contributed by atoms with Crippen molar-refractivity contribution in [2.45, 2.75) is 31.8 Å². The SMILES string of the molecule is CCN(CC)S(=O)(=O)c1ccc(Cl)c(C(=O)O[C@@H](C)C(=O)Nc2ccc3c(c2)OCCO3)c1. The van der Waals surface area contributed by atoms with Crippen LogP contribution in [0.15, 0.2) is 41.3 Å². The van der Waals surface area contributed by atoms with Crippen LogP contribution in [0.5, 0.6) is 11.5 Å². The van der Waals surface area contributed by atoms with Crippen molar-refractivity contribution in [3.63, 3.8) is 0 Å². The van der Waals surface area contributed by atoms with E-state index in [-0.39, 0.29) is 28.6 Å². The van der Waals surface area contributed by atoms with Gasteiger partial charge in [-0.3, -0.25) is 4.79 Å². The molecule has 0 saturated carbocycles. The molecule has 0 spiro atoms. The predicted octanol–water partition coefficient (Wildman–Crippen LogP) is 3.33. The molecule has 1 heterocycles. The Hall–Kier alpha value is -2.82. The van der Waals surface area contributed by atoms with Gasteiger partial charge in [-0.2, -0.15) is 4.31 Å². The molecule has 0 radical (unpaired) electrons. The second-order valence-corrected chi connectivity index (χ2v) is 9.47. The van der Waals surface area contributed by atoms with Crippen LogP contribution < -0.4 is 14.8 Å². The molecule has 2 aromatic rings. The maximum absolute atomic E-state index is 12.8. The van der Waals surface area contributed by atoms with E-state index in [1.54, 1.807) is 32.0 Å². The molecule has 1 aliphatic rings. The first kappa shape index (κ1) is 24.8. The molecule has 1 aliphatic heterocycles. The summed E-state index contributed by atoms with van der Waals surface area (Å²) in [5.74, 6) is -0.417. The third-order valence-corrected chi connectivity index (χ3v) is 7.34. The van der Waals surface area contributed by atoms with E-state index < -0.39 is 28.0 Å². The van der Waals surface area contributed by atoms with E-state index in [1.165, 1.54) is 23.4 Å². The normalized spacial score (nSPS) is 14.0.